The molecule has 5 nitrogen and oxygen atoms in total. The predicted molar refractivity (Wildman–Crippen MR) is 92.7 cm³/mol. The monoisotopic (exact) mass is 317 g/mol. The van der Waals surface area contributed by atoms with Gasteiger partial charge in [0.15, 0.2) is 0 Å². The molecular formula is C18H27N3O2. The molecule has 2 aliphatic rings. The zero-order chi connectivity index (χ0) is 16.2. The van der Waals surface area contributed by atoms with E-state index < -0.39 is 0 Å². The van der Waals surface area contributed by atoms with E-state index in [4.69, 9.17) is 4.74 Å². The summed E-state index contributed by atoms with van der Waals surface area (Å²) in [7, 11) is 2.16. The normalized spacial score (nSPS) is 25.1. The Balaban J connectivity index is 1.58. The zero-order valence-corrected chi connectivity index (χ0v) is 14.0. The van der Waals surface area contributed by atoms with Gasteiger partial charge in [-0.15, -0.1) is 0 Å². The Hall–Kier alpha value is -1.59. The van der Waals surface area contributed by atoms with Crippen molar-refractivity contribution in [3.8, 4) is 0 Å². The van der Waals surface area contributed by atoms with Crippen LogP contribution < -0.4 is 10.6 Å². The van der Waals surface area contributed by atoms with E-state index in [1.807, 2.05) is 31.2 Å². The van der Waals surface area contributed by atoms with Gasteiger partial charge >= 0.3 is 0 Å². The van der Waals surface area contributed by atoms with Gasteiger partial charge in [-0.2, -0.15) is 0 Å². The number of benzene rings is 1. The van der Waals surface area contributed by atoms with Gasteiger partial charge in [0.2, 0.25) is 5.91 Å². The minimum atomic E-state index is 0.00587. The van der Waals surface area contributed by atoms with E-state index in [-0.39, 0.29) is 17.9 Å². The number of hydrogen-bond acceptors (Lipinski definition) is 4. The van der Waals surface area contributed by atoms with Gasteiger partial charge in [-0.25, -0.2) is 0 Å². The average molecular weight is 317 g/mol. The molecule has 0 aromatic heterocycles. The van der Waals surface area contributed by atoms with E-state index in [0.717, 1.165) is 43.7 Å². The minimum absolute atomic E-state index is 0.00587. The van der Waals surface area contributed by atoms with E-state index in [9.17, 15) is 4.79 Å². The highest BCUT2D eigenvalue weighted by Crippen LogP contribution is 2.35. The molecule has 1 aliphatic heterocycles. The number of para-hydroxylation sites is 2. The molecule has 2 atom stereocenters. The van der Waals surface area contributed by atoms with Crippen molar-refractivity contribution < 1.29 is 9.53 Å². The molecule has 0 radical (unpaired) electrons. The van der Waals surface area contributed by atoms with Crippen molar-refractivity contribution in [2.45, 2.75) is 38.3 Å². The van der Waals surface area contributed by atoms with Gasteiger partial charge in [-0.1, -0.05) is 12.1 Å². The number of anilines is 2. The molecular weight excluding hydrogens is 290 g/mol. The molecule has 1 amide bonds. The third-order valence-electron chi connectivity index (χ3n) is 4.71. The molecule has 1 aromatic rings. The summed E-state index contributed by atoms with van der Waals surface area (Å²) in [4.78, 5) is 14.7. The first kappa shape index (κ1) is 16.3. The zero-order valence-electron chi connectivity index (χ0n) is 14.0. The first-order valence-electron chi connectivity index (χ1n) is 8.64. The van der Waals surface area contributed by atoms with Gasteiger partial charge in [0.25, 0.3) is 0 Å². The molecule has 126 valence electrons. The summed E-state index contributed by atoms with van der Waals surface area (Å²) in [5.41, 5.74) is 1.89. The highest BCUT2D eigenvalue weighted by molar-refractivity contribution is 5.97. The van der Waals surface area contributed by atoms with Gasteiger partial charge in [0.05, 0.1) is 23.4 Å². The molecule has 1 saturated carbocycles. The second-order valence-corrected chi connectivity index (χ2v) is 6.59. The molecule has 2 fully saturated rings. The molecule has 5 heteroatoms. The Morgan fingerprint density at radius 1 is 1.26 bits per heavy atom. The number of likely N-dealkylation sites (tertiary alicyclic amines) is 1. The van der Waals surface area contributed by atoms with Crippen LogP contribution >= 0.6 is 0 Å². The number of hydrogen-bond donors (Lipinski definition) is 2. The molecule has 3 rings (SSSR count). The summed E-state index contributed by atoms with van der Waals surface area (Å²) in [6.07, 6.45) is 3.21. The van der Waals surface area contributed by atoms with Crippen molar-refractivity contribution in [2.75, 3.05) is 37.4 Å². The van der Waals surface area contributed by atoms with Crippen LogP contribution in [0.25, 0.3) is 0 Å². The Kier molecular flexibility index (Phi) is 5.18. The predicted octanol–water partition coefficient (Wildman–Crippen LogP) is 2.56. The SMILES string of the molecule is CCO[C@@H]1C[C@@H]1C(=O)Nc1ccccc1NC1CCN(C)CC1. The summed E-state index contributed by atoms with van der Waals surface area (Å²) in [5, 5.41) is 6.67. The molecule has 0 spiro atoms. The fourth-order valence-electron chi connectivity index (χ4n) is 3.16. The van der Waals surface area contributed by atoms with E-state index in [1.165, 1.54) is 0 Å². The van der Waals surface area contributed by atoms with Crippen LogP contribution in [-0.4, -0.2) is 49.7 Å². The highest BCUT2D eigenvalue weighted by Gasteiger charge is 2.44. The lowest BCUT2D eigenvalue weighted by atomic mass is 10.0. The maximum absolute atomic E-state index is 12.3. The topological polar surface area (TPSA) is 53.6 Å². The average Bonchev–Trinajstić information content (AvgIpc) is 3.31. The lowest BCUT2D eigenvalue weighted by Crippen LogP contribution is -2.36. The van der Waals surface area contributed by atoms with Crippen molar-refractivity contribution in [1.82, 2.24) is 4.90 Å². The van der Waals surface area contributed by atoms with Crippen molar-refractivity contribution in [1.29, 1.82) is 0 Å². The van der Waals surface area contributed by atoms with Crippen LogP contribution in [0.3, 0.4) is 0 Å². The van der Waals surface area contributed by atoms with E-state index in [1.54, 1.807) is 0 Å². The first-order chi connectivity index (χ1) is 11.2. The maximum Gasteiger partial charge on any atom is 0.230 e. The van der Waals surface area contributed by atoms with Crippen molar-refractivity contribution in [3.05, 3.63) is 24.3 Å². The van der Waals surface area contributed by atoms with Gasteiger partial charge in [0.1, 0.15) is 0 Å². The largest absolute Gasteiger partial charge is 0.381 e. The minimum Gasteiger partial charge on any atom is -0.381 e. The second kappa shape index (κ2) is 7.32. The second-order valence-electron chi connectivity index (χ2n) is 6.59. The number of amides is 1. The van der Waals surface area contributed by atoms with Crippen LogP contribution in [0.5, 0.6) is 0 Å². The van der Waals surface area contributed by atoms with Crippen LogP contribution in [0.4, 0.5) is 11.4 Å². The number of ether oxygens (including phenoxy) is 1. The van der Waals surface area contributed by atoms with Crippen molar-refractivity contribution in [3.63, 3.8) is 0 Å². The van der Waals surface area contributed by atoms with Crippen molar-refractivity contribution in [2.24, 2.45) is 5.92 Å². The first-order valence-corrected chi connectivity index (χ1v) is 8.64. The third-order valence-corrected chi connectivity index (χ3v) is 4.71. The van der Waals surface area contributed by atoms with E-state index in [2.05, 4.69) is 22.6 Å². The smallest absolute Gasteiger partial charge is 0.230 e. The van der Waals surface area contributed by atoms with Gasteiger partial charge in [-0.3, -0.25) is 4.79 Å². The van der Waals surface area contributed by atoms with Gasteiger partial charge in [0, 0.05) is 12.6 Å². The third kappa shape index (κ3) is 4.24. The van der Waals surface area contributed by atoms with Crippen LogP contribution in [0.2, 0.25) is 0 Å². The van der Waals surface area contributed by atoms with Crippen LogP contribution in [-0.2, 0) is 9.53 Å². The molecule has 0 bridgehead atoms. The molecule has 2 N–H and O–H groups in total. The van der Waals surface area contributed by atoms with Gasteiger partial charge < -0.3 is 20.3 Å². The summed E-state index contributed by atoms with van der Waals surface area (Å²) in [6, 6.07) is 8.45. The lowest BCUT2D eigenvalue weighted by Gasteiger charge is -2.30. The molecule has 1 aliphatic carbocycles. The molecule has 1 saturated heterocycles. The lowest BCUT2D eigenvalue weighted by molar-refractivity contribution is -0.118. The van der Waals surface area contributed by atoms with Crippen LogP contribution in [0.1, 0.15) is 26.2 Å². The Bertz CT molecular complexity index is 541. The molecule has 1 heterocycles. The Morgan fingerprint density at radius 2 is 1.96 bits per heavy atom. The van der Waals surface area contributed by atoms with Crippen LogP contribution in [0, 0.1) is 5.92 Å². The maximum atomic E-state index is 12.3. The quantitative estimate of drug-likeness (QED) is 0.847. The highest BCUT2D eigenvalue weighted by atomic mass is 16.5. The van der Waals surface area contributed by atoms with Crippen LogP contribution in [0.15, 0.2) is 24.3 Å². The number of nitrogens with zero attached hydrogens (tertiary/aromatic N) is 1. The summed E-state index contributed by atoms with van der Waals surface area (Å²) in [6.45, 7) is 4.87. The van der Waals surface area contributed by atoms with Gasteiger partial charge in [-0.05, 0) is 58.5 Å². The molecule has 1 aromatic carbocycles. The number of piperidine rings is 1. The Labute approximate surface area is 138 Å². The number of carbonyl (C=O) groups excluding carboxylic acids is 1. The van der Waals surface area contributed by atoms with E-state index in [0.29, 0.717) is 12.6 Å². The number of rotatable bonds is 6. The number of nitrogens with one attached hydrogen (secondary N) is 2. The van der Waals surface area contributed by atoms with Crippen molar-refractivity contribution >= 4 is 17.3 Å². The fourth-order valence-corrected chi connectivity index (χ4v) is 3.16. The summed E-state index contributed by atoms with van der Waals surface area (Å²) >= 11 is 0. The molecule has 23 heavy (non-hydrogen) atoms. The summed E-state index contributed by atoms with van der Waals surface area (Å²) in [5.74, 6) is 0.0763. The molecule has 0 unspecified atom stereocenters. The summed E-state index contributed by atoms with van der Waals surface area (Å²) < 4.78 is 5.50. The standard InChI is InChI=1S/C18H27N3O2/c1-3-23-17-12-14(17)18(22)20-16-7-5-4-6-15(16)19-13-8-10-21(2)11-9-13/h4-7,13-14,17,19H,3,8-12H2,1-2H3,(H,20,22)/t14-,17+/m0/s1. The Morgan fingerprint density at radius 3 is 2.65 bits per heavy atom. The fraction of sp³-hybridized carbons (Fsp3) is 0.611. The van der Waals surface area contributed by atoms with E-state index >= 15 is 0 Å². The number of carbonyl (C=O) groups is 1.